The van der Waals surface area contributed by atoms with Gasteiger partial charge >= 0.3 is 6.36 Å². The van der Waals surface area contributed by atoms with E-state index in [0.717, 1.165) is 38.9 Å². The van der Waals surface area contributed by atoms with E-state index in [1.54, 1.807) is 0 Å². The fourth-order valence-electron chi connectivity index (χ4n) is 2.06. The molecule has 1 rings (SSSR count). The Balaban J connectivity index is 2.16. The molecule has 1 atom stereocenters. The molecule has 102 valence electrons. The van der Waals surface area contributed by atoms with Gasteiger partial charge in [0.15, 0.2) is 0 Å². The lowest BCUT2D eigenvalue weighted by Gasteiger charge is -2.33. The second kappa shape index (κ2) is 7.18. The summed E-state index contributed by atoms with van der Waals surface area (Å²) >= 11 is 0. The second-order valence-corrected chi connectivity index (χ2v) is 4.39. The number of likely N-dealkylation sites (tertiary alicyclic amines) is 1. The molecule has 6 heteroatoms. The zero-order valence-electron chi connectivity index (χ0n) is 10.2. The van der Waals surface area contributed by atoms with Crippen molar-refractivity contribution < 1.29 is 17.9 Å². The summed E-state index contributed by atoms with van der Waals surface area (Å²) in [7, 11) is 0. The van der Waals surface area contributed by atoms with Crippen LogP contribution >= 0.6 is 0 Å². The van der Waals surface area contributed by atoms with Crippen LogP contribution in [0.15, 0.2) is 0 Å². The second-order valence-electron chi connectivity index (χ2n) is 4.39. The summed E-state index contributed by atoms with van der Waals surface area (Å²) in [5, 5.41) is 3.40. The smallest absolute Gasteiger partial charge is 0.313 e. The summed E-state index contributed by atoms with van der Waals surface area (Å²) in [6, 6.07) is 0.412. The number of piperidine rings is 1. The number of nitrogens with one attached hydrogen (secondary N) is 1. The van der Waals surface area contributed by atoms with Crippen molar-refractivity contribution in [2.45, 2.75) is 38.6 Å². The van der Waals surface area contributed by atoms with Gasteiger partial charge in [0.2, 0.25) is 0 Å². The minimum absolute atomic E-state index is 0.274. The minimum Gasteiger partial charge on any atom is -0.313 e. The Morgan fingerprint density at radius 3 is 2.82 bits per heavy atom. The van der Waals surface area contributed by atoms with Crippen LogP contribution in [-0.2, 0) is 4.74 Å². The van der Waals surface area contributed by atoms with E-state index >= 15 is 0 Å². The van der Waals surface area contributed by atoms with Crippen molar-refractivity contribution in [3.63, 3.8) is 0 Å². The molecule has 0 bridgehead atoms. The lowest BCUT2D eigenvalue weighted by atomic mass is 10.1. The highest BCUT2D eigenvalue weighted by Crippen LogP contribution is 2.16. The lowest BCUT2D eigenvalue weighted by molar-refractivity contribution is -0.325. The largest absolute Gasteiger partial charge is 0.522 e. The van der Waals surface area contributed by atoms with Crippen molar-refractivity contribution >= 4 is 0 Å². The van der Waals surface area contributed by atoms with E-state index in [-0.39, 0.29) is 6.61 Å². The molecule has 0 aliphatic carbocycles. The summed E-state index contributed by atoms with van der Waals surface area (Å²) in [6.45, 7) is 4.84. The van der Waals surface area contributed by atoms with Crippen molar-refractivity contribution in [2.24, 2.45) is 0 Å². The van der Waals surface area contributed by atoms with Crippen LogP contribution in [0.4, 0.5) is 13.2 Å². The molecule has 0 aromatic heterocycles. The number of hydrogen-bond acceptors (Lipinski definition) is 3. The molecule has 1 fully saturated rings. The van der Waals surface area contributed by atoms with Crippen LogP contribution in [-0.4, -0.2) is 50.1 Å². The Morgan fingerprint density at radius 1 is 1.41 bits per heavy atom. The number of hydrogen-bond donors (Lipinski definition) is 1. The van der Waals surface area contributed by atoms with Gasteiger partial charge in [-0.1, -0.05) is 6.92 Å². The fourth-order valence-corrected chi connectivity index (χ4v) is 2.06. The first-order valence-electron chi connectivity index (χ1n) is 6.17. The van der Waals surface area contributed by atoms with Gasteiger partial charge in [0.05, 0.1) is 6.61 Å². The normalized spacial score (nSPS) is 22.9. The quantitative estimate of drug-likeness (QED) is 0.784. The highest BCUT2D eigenvalue weighted by molar-refractivity contribution is 4.77. The number of rotatable bonds is 6. The summed E-state index contributed by atoms with van der Waals surface area (Å²) in [5.74, 6) is 0. The summed E-state index contributed by atoms with van der Waals surface area (Å²) in [6.07, 6.45) is -1.28. The van der Waals surface area contributed by atoms with Gasteiger partial charge in [-0.3, -0.25) is 9.64 Å². The molecule has 3 nitrogen and oxygen atoms in total. The summed E-state index contributed by atoms with van der Waals surface area (Å²) in [5.41, 5.74) is 0. The predicted octanol–water partition coefficient (Wildman–Crippen LogP) is 1.99. The standard InChI is InChI=1S/C11H21F3N2O/c1-2-5-15-10-4-3-6-16(9-10)7-8-17-11(12,13)14/h10,15H,2-9H2,1H3. The van der Waals surface area contributed by atoms with Crippen LogP contribution in [0.5, 0.6) is 0 Å². The Hall–Kier alpha value is -0.330. The Labute approximate surface area is 100 Å². The third-order valence-corrected chi connectivity index (χ3v) is 2.86. The van der Waals surface area contributed by atoms with Crippen molar-refractivity contribution in [1.29, 1.82) is 0 Å². The molecule has 1 unspecified atom stereocenters. The molecule has 0 radical (unpaired) electrons. The molecule has 1 aliphatic heterocycles. The number of nitrogens with zero attached hydrogens (tertiary/aromatic N) is 1. The Bertz CT molecular complexity index is 211. The number of ether oxygens (including phenoxy) is 1. The molecule has 1 aliphatic rings. The van der Waals surface area contributed by atoms with Gasteiger partial charge in [-0.25, -0.2) is 0 Å². The number of halogens is 3. The Morgan fingerprint density at radius 2 is 2.18 bits per heavy atom. The minimum atomic E-state index is -4.50. The van der Waals surface area contributed by atoms with Crippen molar-refractivity contribution in [2.75, 3.05) is 32.8 Å². The van der Waals surface area contributed by atoms with E-state index in [0.29, 0.717) is 12.6 Å². The molecular formula is C11H21F3N2O. The molecular weight excluding hydrogens is 233 g/mol. The van der Waals surface area contributed by atoms with Crippen molar-refractivity contribution in [1.82, 2.24) is 10.2 Å². The topological polar surface area (TPSA) is 24.5 Å². The van der Waals surface area contributed by atoms with Gasteiger partial charge in [0.25, 0.3) is 0 Å². The summed E-state index contributed by atoms with van der Waals surface area (Å²) < 4.78 is 39.2. The first kappa shape index (κ1) is 14.7. The Kier molecular flexibility index (Phi) is 6.22. The average Bonchev–Trinajstić information content (AvgIpc) is 2.25. The van der Waals surface area contributed by atoms with Crippen LogP contribution in [0.1, 0.15) is 26.2 Å². The molecule has 0 aromatic rings. The van der Waals surface area contributed by atoms with Gasteiger partial charge < -0.3 is 5.32 Å². The molecule has 0 amide bonds. The molecule has 0 aromatic carbocycles. The average molecular weight is 254 g/mol. The fraction of sp³-hybridized carbons (Fsp3) is 1.00. The van der Waals surface area contributed by atoms with E-state index in [1.807, 2.05) is 4.90 Å². The molecule has 1 saturated heterocycles. The van der Waals surface area contributed by atoms with E-state index in [9.17, 15) is 13.2 Å². The van der Waals surface area contributed by atoms with E-state index in [1.165, 1.54) is 0 Å². The molecule has 1 N–H and O–H groups in total. The maximum Gasteiger partial charge on any atom is 0.522 e. The third-order valence-electron chi connectivity index (χ3n) is 2.86. The monoisotopic (exact) mass is 254 g/mol. The molecule has 0 saturated carbocycles. The van der Waals surface area contributed by atoms with Gasteiger partial charge in [-0.15, -0.1) is 13.2 Å². The van der Waals surface area contributed by atoms with E-state index in [4.69, 9.17) is 0 Å². The van der Waals surface area contributed by atoms with Crippen LogP contribution in [0.2, 0.25) is 0 Å². The van der Waals surface area contributed by atoms with Crippen LogP contribution < -0.4 is 5.32 Å². The van der Waals surface area contributed by atoms with Gasteiger partial charge in [0, 0.05) is 19.1 Å². The van der Waals surface area contributed by atoms with Gasteiger partial charge in [0.1, 0.15) is 0 Å². The van der Waals surface area contributed by atoms with E-state index < -0.39 is 6.36 Å². The number of alkyl halides is 3. The van der Waals surface area contributed by atoms with Crippen LogP contribution in [0, 0.1) is 0 Å². The summed E-state index contributed by atoms with van der Waals surface area (Å²) in [4.78, 5) is 2.03. The third kappa shape index (κ3) is 6.85. The lowest BCUT2D eigenvalue weighted by Crippen LogP contribution is -2.47. The van der Waals surface area contributed by atoms with Crippen molar-refractivity contribution in [3.8, 4) is 0 Å². The molecule has 0 spiro atoms. The van der Waals surface area contributed by atoms with Crippen LogP contribution in [0.25, 0.3) is 0 Å². The first-order valence-corrected chi connectivity index (χ1v) is 6.17. The molecule has 17 heavy (non-hydrogen) atoms. The highest BCUT2D eigenvalue weighted by atomic mass is 19.4. The maximum absolute atomic E-state index is 11.8. The van der Waals surface area contributed by atoms with E-state index in [2.05, 4.69) is 17.0 Å². The van der Waals surface area contributed by atoms with Crippen LogP contribution in [0.3, 0.4) is 0 Å². The van der Waals surface area contributed by atoms with Gasteiger partial charge in [-0.2, -0.15) is 0 Å². The SMILES string of the molecule is CCCNC1CCCN(CCOC(F)(F)F)C1. The maximum atomic E-state index is 11.8. The van der Waals surface area contributed by atoms with Crippen molar-refractivity contribution in [3.05, 3.63) is 0 Å². The zero-order chi connectivity index (χ0) is 12.7. The van der Waals surface area contributed by atoms with Gasteiger partial charge in [-0.05, 0) is 32.4 Å². The predicted molar refractivity (Wildman–Crippen MR) is 59.8 cm³/mol. The zero-order valence-corrected chi connectivity index (χ0v) is 10.2. The highest BCUT2D eigenvalue weighted by Gasteiger charge is 2.29. The molecule has 1 heterocycles. The first-order chi connectivity index (χ1) is 8.01.